The zero-order valence-electron chi connectivity index (χ0n) is 17.7. The average Bonchev–Trinajstić information content (AvgIpc) is 3.14. The Morgan fingerprint density at radius 3 is 2.19 bits per heavy atom. The Morgan fingerprint density at radius 2 is 1.72 bits per heavy atom. The summed E-state index contributed by atoms with van der Waals surface area (Å²) in [6.07, 6.45) is -0.962. The van der Waals surface area contributed by atoms with Gasteiger partial charge in [-0.15, -0.1) is 6.04 Å². The molecule has 1 atom stereocenters. The number of aromatic carboxylic acids is 1. The van der Waals surface area contributed by atoms with Crippen LogP contribution in [0.5, 0.6) is 11.5 Å². The molecule has 172 valence electrons. The fraction of sp³-hybridized carbons (Fsp3) is 0.273. The molecule has 0 aliphatic carbocycles. The minimum atomic E-state index is -2.85. The SMILES string of the molecule is CO[N-]C(C)Cc1ccc(Oc2ccc(Cl)cc2)cc1.Cn1cc(C(=O)O)c(C(F)F)n1. The highest BCUT2D eigenvalue weighted by Crippen LogP contribution is 2.24. The van der Waals surface area contributed by atoms with Crippen LogP contribution in [0.3, 0.4) is 0 Å². The number of carbonyl (C=O) groups is 1. The lowest BCUT2D eigenvalue weighted by molar-refractivity contribution is 0.0684. The summed E-state index contributed by atoms with van der Waals surface area (Å²) in [5.41, 5.74) is 4.03. The molecular weight excluding hydrogens is 444 g/mol. The Balaban J connectivity index is 0.000000258. The fourth-order valence-corrected chi connectivity index (χ4v) is 2.85. The van der Waals surface area contributed by atoms with Crippen molar-refractivity contribution in [2.75, 3.05) is 7.11 Å². The lowest BCUT2D eigenvalue weighted by atomic mass is 10.1. The molecular formula is C22H23ClF2N3O4-. The van der Waals surface area contributed by atoms with E-state index in [4.69, 9.17) is 26.3 Å². The minimum absolute atomic E-state index is 0.142. The summed E-state index contributed by atoms with van der Waals surface area (Å²) in [7, 11) is 2.96. The second-order valence-corrected chi connectivity index (χ2v) is 7.19. The second-order valence-electron chi connectivity index (χ2n) is 6.75. The zero-order chi connectivity index (χ0) is 23.7. The summed E-state index contributed by atoms with van der Waals surface area (Å²) < 4.78 is 30.9. The number of rotatable bonds is 8. The van der Waals surface area contributed by atoms with Crippen molar-refractivity contribution in [2.45, 2.75) is 25.8 Å². The lowest BCUT2D eigenvalue weighted by Crippen LogP contribution is -2.05. The van der Waals surface area contributed by atoms with E-state index in [1.54, 1.807) is 19.2 Å². The molecule has 10 heteroatoms. The van der Waals surface area contributed by atoms with E-state index in [1.165, 1.54) is 12.6 Å². The van der Waals surface area contributed by atoms with Crippen LogP contribution in [0, 0.1) is 0 Å². The molecule has 0 saturated carbocycles. The predicted octanol–water partition coefficient (Wildman–Crippen LogP) is 6.05. The Labute approximate surface area is 189 Å². The van der Waals surface area contributed by atoms with Crippen molar-refractivity contribution in [3.05, 3.63) is 82.1 Å². The molecule has 2 aromatic carbocycles. The molecule has 1 N–H and O–H groups in total. The Morgan fingerprint density at radius 1 is 1.16 bits per heavy atom. The first kappa shape index (κ1) is 25.3. The molecule has 0 saturated heterocycles. The maximum Gasteiger partial charge on any atom is 0.339 e. The smallest absolute Gasteiger partial charge is 0.339 e. The monoisotopic (exact) mass is 466 g/mol. The van der Waals surface area contributed by atoms with Gasteiger partial charge in [0.2, 0.25) is 0 Å². The topological polar surface area (TPSA) is 87.7 Å². The van der Waals surface area contributed by atoms with Gasteiger partial charge >= 0.3 is 5.97 Å². The number of halogens is 3. The molecule has 0 aliphatic rings. The maximum absolute atomic E-state index is 12.1. The summed E-state index contributed by atoms with van der Waals surface area (Å²) >= 11 is 5.83. The first-order valence-electron chi connectivity index (χ1n) is 9.50. The number of carboxylic acid groups (broad SMARTS) is 1. The summed E-state index contributed by atoms with van der Waals surface area (Å²) in [5, 5.41) is 12.5. The molecule has 0 amide bonds. The van der Waals surface area contributed by atoms with E-state index in [2.05, 4.69) is 10.6 Å². The molecule has 0 bridgehead atoms. The Hall–Kier alpha value is -3.01. The quantitative estimate of drug-likeness (QED) is 0.408. The van der Waals surface area contributed by atoms with Crippen LogP contribution in [0.15, 0.2) is 54.7 Å². The van der Waals surface area contributed by atoms with E-state index in [0.717, 1.165) is 28.8 Å². The Kier molecular flexibility index (Phi) is 9.58. The van der Waals surface area contributed by atoms with Crippen LogP contribution >= 0.6 is 11.6 Å². The van der Waals surface area contributed by atoms with Gasteiger partial charge < -0.3 is 20.2 Å². The number of aromatic nitrogens is 2. The van der Waals surface area contributed by atoms with Gasteiger partial charge in [-0.3, -0.25) is 4.68 Å². The van der Waals surface area contributed by atoms with Crippen LogP contribution in [-0.2, 0) is 18.3 Å². The molecule has 3 rings (SSSR count). The molecule has 1 unspecified atom stereocenters. The summed E-state index contributed by atoms with van der Waals surface area (Å²) in [4.78, 5) is 15.1. The number of alkyl halides is 2. The van der Waals surface area contributed by atoms with Crippen molar-refractivity contribution in [3.63, 3.8) is 0 Å². The molecule has 7 nitrogen and oxygen atoms in total. The normalized spacial score (nSPS) is 11.6. The van der Waals surface area contributed by atoms with Gasteiger partial charge in [0.05, 0.1) is 0 Å². The van der Waals surface area contributed by atoms with E-state index in [0.29, 0.717) is 5.02 Å². The number of aryl methyl sites for hydroxylation is 1. The van der Waals surface area contributed by atoms with Crippen molar-refractivity contribution in [2.24, 2.45) is 7.05 Å². The molecule has 0 spiro atoms. The third-order valence-corrected chi connectivity index (χ3v) is 4.34. The van der Waals surface area contributed by atoms with Crippen molar-refractivity contribution < 1.29 is 28.3 Å². The number of hydroxylamine groups is 1. The van der Waals surface area contributed by atoms with E-state index >= 15 is 0 Å². The molecule has 1 heterocycles. The number of carboxylic acids is 1. The van der Waals surface area contributed by atoms with Crippen molar-refractivity contribution >= 4 is 17.6 Å². The molecule has 3 aromatic rings. The van der Waals surface area contributed by atoms with Gasteiger partial charge in [-0.2, -0.15) is 5.10 Å². The number of hydrogen-bond acceptors (Lipinski definition) is 4. The highest BCUT2D eigenvalue weighted by atomic mass is 35.5. The molecule has 0 radical (unpaired) electrons. The maximum atomic E-state index is 12.1. The largest absolute Gasteiger partial charge is 0.532 e. The predicted molar refractivity (Wildman–Crippen MR) is 117 cm³/mol. The van der Waals surface area contributed by atoms with Gasteiger partial charge in [-0.05, 0) is 48.4 Å². The molecule has 0 fully saturated rings. The fourth-order valence-electron chi connectivity index (χ4n) is 2.72. The molecule has 0 aliphatic heterocycles. The van der Waals surface area contributed by atoms with Crippen LogP contribution in [0.4, 0.5) is 8.78 Å². The lowest BCUT2D eigenvalue weighted by Gasteiger charge is -2.26. The van der Waals surface area contributed by atoms with Gasteiger partial charge in [0.1, 0.15) is 22.8 Å². The number of benzene rings is 2. The van der Waals surface area contributed by atoms with Crippen molar-refractivity contribution in [1.29, 1.82) is 0 Å². The van der Waals surface area contributed by atoms with Gasteiger partial charge in [0.25, 0.3) is 6.43 Å². The van der Waals surface area contributed by atoms with E-state index < -0.39 is 23.7 Å². The van der Waals surface area contributed by atoms with Gasteiger partial charge in [0.15, 0.2) is 0 Å². The van der Waals surface area contributed by atoms with E-state index in [-0.39, 0.29) is 6.04 Å². The minimum Gasteiger partial charge on any atom is -0.532 e. The zero-order valence-corrected chi connectivity index (χ0v) is 18.5. The second kappa shape index (κ2) is 12.1. The molecule has 1 aromatic heterocycles. The number of hydrogen-bond donors (Lipinski definition) is 1. The van der Waals surface area contributed by atoms with E-state index in [1.807, 2.05) is 43.3 Å². The van der Waals surface area contributed by atoms with Crippen molar-refractivity contribution in [3.8, 4) is 11.5 Å². The van der Waals surface area contributed by atoms with Crippen LogP contribution < -0.4 is 4.74 Å². The number of ether oxygens (including phenoxy) is 1. The summed E-state index contributed by atoms with van der Waals surface area (Å²) in [6.45, 7) is 2.02. The first-order chi connectivity index (χ1) is 15.2. The summed E-state index contributed by atoms with van der Waals surface area (Å²) in [5.74, 6) is 0.177. The standard InChI is InChI=1S/C16H17ClNO2.C6H6F2N2O2/c1-12(18-19-2)11-13-3-7-15(8-4-13)20-16-9-5-14(17)6-10-16;1-10-2-3(6(11)12)4(9-10)5(7)8/h3-10,12H,11H2,1-2H3;2,5H,1H3,(H,11,12)/q-1;. The van der Waals surface area contributed by atoms with Gasteiger partial charge in [-0.1, -0.05) is 30.7 Å². The molecule has 32 heavy (non-hydrogen) atoms. The van der Waals surface area contributed by atoms with Crippen LogP contribution in [-0.4, -0.2) is 34.0 Å². The van der Waals surface area contributed by atoms with E-state index in [9.17, 15) is 13.6 Å². The number of nitrogens with zero attached hydrogens (tertiary/aromatic N) is 3. The summed E-state index contributed by atoms with van der Waals surface area (Å²) in [6, 6.07) is 15.4. The average molecular weight is 467 g/mol. The van der Waals surface area contributed by atoms with Gasteiger partial charge in [-0.25, -0.2) is 13.6 Å². The highest BCUT2D eigenvalue weighted by molar-refractivity contribution is 6.30. The first-order valence-corrected chi connectivity index (χ1v) is 9.88. The highest BCUT2D eigenvalue weighted by Gasteiger charge is 2.21. The Bertz CT molecular complexity index is 995. The van der Waals surface area contributed by atoms with Crippen molar-refractivity contribution in [1.82, 2.24) is 9.78 Å². The third kappa shape index (κ3) is 7.92. The van der Waals surface area contributed by atoms with Crippen LogP contribution in [0.1, 0.15) is 35.0 Å². The van der Waals surface area contributed by atoms with Crippen LogP contribution in [0.2, 0.25) is 5.02 Å². The van der Waals surface area contributed by atoms with Crippen LogP contribution in [0.25, 0.3) is 5.48 Å². The third-order valence-electron chi connectivity index (χ3n) is 4.08. The van der Waals surface area contributed by atoms with Gasteiger partial charge in [0, 0.05) is 25.4 Å².